The Morgan fingerprint density at radius 2 is 1.71 bits per heavy atom. The lowest BCUT2D eigenvalue weighted by Gasteiger charge is -2.21. The first-order valence-electron chi connectivity index (χ1n) is 7.08. The van der Waals surface area contributed by atoms with Crippen molar-refractivity contribution in [3.63, 3.8) is 0 Å². The predicted molar refractivity (Wildman–Crippen MR) is 71.0 cm³/mol. The van der Waals surface area contributed by atoms with Gasteiger partial charge in [0.15, 0.2) is 6.29 Å². The Kier molecular flexibility index (Phi) is 6.45. The van der Waals surface area contributed by atoms with Crippen LogP contribution >= 0.6 is 0 Å². The van der Waals surface area contributed by atoms with Gasteiger partial charge in [0, 0.05) is 26.2 Å². The molecule has 0 spiro atoms. The molecule has 0 saturated heterocycles. The molecule has 1 rings (SSSR count). The van der Waals surface area contributed by atoms with Gasteiger partial charge in [-0.1, -0.05) is 13.8 Å². The van der Waals surface area contributed by atoms with E-state index in [0.717, 1.165) is 38.6 Å². The zero-order chi connectivity index (χ0) is 12.7. The smallest absolute Gasteiger partial charge is 0.158 e. The highest BCUT2D eigenvalue weighted by atomic mass is 16.7. The highest BCUT2D eigenvalue weighted by molar-refractivity contribution is 4.96. The van der Waals surface area contributed by atoms with Crippen molar-refractivity contribution in [1.82, 2.24) is 5.32 Å². The van der Waals surface area contributed by atoms with E-state index in [1.165, 1.54) is 12.8 Å². The fourth-order valence-electron chi connectivity index (χ4n) is 2.26. The van der Waals surface area contributed by atoms with Crippen molar-refractivity contribution in [2.75, 3.05) is 26.3 Å². The number of hydrogen-bond acceptors (Lipinski definition) is 3. The normalized spacial score (nSPS) is 18.0. The summed E-state index contributed by atoms with van der Waals surface area (Å²) in [4.78, 5) is 0. The average Bonchev–Trinajstić information content (AvgIpc) is 3.06. The summed E-state index contributed by atoms with van der Waals surface area (Å²) in [5, 5.41) is 3.56. The Hall–Kier alpha value is -0.120. The molecule has 0 aliphatic heterocycles. The van der Waals surface area contributed by atoms with Crippen LogP contribution in [-0.4, -0.2) is 32.6 Å². The van der Waals surface area contributed by atoms with Crippen LogP contribution in [0.2, 0.25) is 0 Å². The molecule has 0 aromatic carbocycles. The van der Waals surface area contributed by atoms with Crippen molar-refractivity contribution in [3.8, 4) is 0 Å². The number of ether oxygens (including phenoxy) is 2. The molecule has 17 heavy (non-hydrogen) atoms. The largest absolute Gasteiger partial charge is 0.353 e. The van der Waals surface area contributed by atoms with Crippen molar-refractivity contribution in [2.45, 2.75) is 53.2 Å². The second-order valence-electron chi connectivity index (χ2n) is 5.32. The monoisotopic (exact) mass is 243 g/mol. The quantitative estimate of drug-likeness (QED) is 0.473. The van der Waals surface area contributed by atoms with E-state index in [4.69, 9.17) is 9.47 Å². The van der Waals surface area contributed by atoms with Gasteiger partial charge in [-0.3, -0.25) is 0 Å². The van der Waals surface area contributed by atoms with E-state index in [2.05, 4.69) is 19.2 Å². The van der Waals surface area contributed by atoms with Gasteiger partial charge in [0.25, 0.3) is 0 Å². The number of nitrogens with one attached hydrogen (secondary N) is 1. The third kappa shape index (κ3) is 4.94. The van der Waals surface area contributed by atoms with Gasteiger partial charge in [0.1, 0.15) is 0 Å². The maximum atomic E-state index is 5.52. The third-order valence-electron chi connectivity index (χ3n) is 3.86. The highest BCUT2D eigenvalue weighted by Gasteiger charge is 2.44. The van der Waals surface area contributed by atoms with Gasteiger partial charge in [0.05, 0.1) is 0 Å². The van der Waals surface area contributed by atoms with Gasteiger partial charge in [0.2, 0.25) is 0 Å². The summed E-state index contributed by atoms with van der Waals surface area (Å²) in [6, 6.07) is 0. The molecule has 0 aromatic heterocycles. The fraction of sp³-hybridized carbons (Fsp3) is 1.00. The van der Waals surface area contributed by atoms with E-state index < -0.39 is 0 Å². The molecule has 0 bridgehead atoms. The molecule has 0 heterocycles. The second-order valence-corrected chi connectivity index (χ2v) is 5.32. The average molecular weight is 243 g/mol. The summed E-state index contributed by atoms with van der Waals surface area (Å²) in [6.45, 7) is 12.3. The first-order chi connectivity index (χ1) is 8.14. The van der Waals surface area contributed by atoms with Gasteiger partial charge in [-0.15, -0.1) is 0 Å². The lowest BCUT2D eigenvalue weighted by molar-refractivity contribution is -0.138. The number of hydrogen-bond donors (Lipinski definition) is 1. The fourth-order valence-corrected chi connectivity index (χ4v) is 2.26. The Morgan fingerprint density at radius 3 is 2.12 bits per heavy atom. The molecule has 1 N–H and O–H groups in total. The molecule has 1 fully saturated rings. The summed E-state index contributed by atoms with van der Waals surface area (Å²) < 4.78 is 11.0. The molecule has 102 valence electrons. The summed E-state index contributed by atoms with van der Waals surface area (Å²) in [5.74, 6) is 0.796. The maximum absolute atomic E-state index is 5.52. The van der Waals surface area contributed by atoms with Crippen LogP contribution in [0, 0.1) is 11.3 Å². The van der Waals surface area contributed by atoms with Crippen LogP contribution in [0.5, 0.6) is 0 Å². The van der Waals surface area contributed by atoms with Crippen LogP contribution in [0.15, 0.2) is 0 Å². The van der Waals surface area contributed by atoms with Crippen LogP contribution in [0.1, 0.15) is 47.0 Å². The minimum absolute atomic E-state index is 0.0355. The zero-order valence-electron chi connectivity index (χ0n) is 11.9. The lowest BCUT2D eigenvalue weighted by atomic mass is 9.92. The van der Waals surface area contributed by atoms with Crippen LogP contribution in [-0.2, 0) is 9.47 Å². The van der Waals surface area contributed by atoms with Crippen LogP contribution in [0.4, 0.5) is 0 Å². The van der Waals surface area contributed by atoms with Gasteiger partial charge < -0.3 is 14.8 Å². The van der Waals surface area contributed by atoms with Gasteiger partial charge in [-0.2, -0.15) is 0 Å². The Balaban J connectivity index is 2.10. The molecule has 0 aromatic rings. The minimum atomic E-state index is -0.0355. The lowest BCUT2D eigenvalue weighted by Crippen LogP contribution is -2.31. The van der Waals surface area contributed by atoms with Crippen LogP contribution < -0.4 is 5.32 Å². The second kappa shape index (κ2) is 7.34. The van der Waals surface area contributed by atoms with Crippen LogP contribution in [0.3, 0.4) is 0 Å². The Morgan fingerprint density at radius 1 is 1.12 bits per heavy atom. The van der Waals surface area contributed by atoms with E-state index in [9.17, 15) is 0 Å². The van der Waals surface area contributed by atoms with Crippen LogP contribution in [0.25, 0.3) is 0 Å². The summed E-state index contributed by atoms with van der Waals surface area (Å²) >= 11 is 0. The van der Waals surface area contributed by atoms with Gasteiger partial charge in [-0.05, 0) is 44.6 Å². The zero-order valence-corrected chi connectivity index (χ0v) is 11.9. The summed E-state index contributed by atoms with van der Waals surface area (Å²) in [5.41, 5.74) is 0.590. The van der Waals surface area contributed by atoms with E-state index in [1.807, 2.05) is 13.8 Å². The molecule has 0 atom stereocenters. The Bertz CT molecular complexity index is 196. The molecule has 0 amide bonds. The van der Waals surface area contributed by atoms with Crippen molar-refractivity contribution in [2.24, 2.45) is 11.3 Å². The van der Waals surface area contributed by atoms with Crippen molar-refractivity contribution >= 4 is 0 Å². The van der Waals surface area contributed by atoms with Crippen molar-refractivity contribution in [3.05, 3.63) is 0 Å². The van der Waals surface area contributed by atoms with Gasteiger partial charge in [-0.25, -0.2) is 0 Å². The summed E-state index contributed by atoms with van der Waals surface area (Å²) in [6.07, 6.45) is 3.68. The minimum Gasteiger partial charge on any atom is -0.353 e. The first kappa shape index (κ1) is 14.9. The third-order valence-corrected chi connectivity index (χ3v) is 3.86. The van der Waals surface area contributed by atoms with Crippen molar-refractivity contribution in [1.29, 1.82) is 0 Å². The Labute approximate surface area is 106 Å². The standard InChI is InChI=1S/C14H29NO2/c1-5-16-13(17-6-2)7-10-15-11-14(8-9-14)12(3)4/h12-13,15H,5-11H2,1-4H3. The highest BCUT2D eigenvalue weighted by Crippen LogP contribution is 2.51. The predicted octanol–water partition coefficient (Wildman–Crippen LogP) is 2.80. The molecule has 1 saturated carbocycles. The number of rotatable bonds is 10. The van der Waals surface area contributed by atoms with E-state index in [-0.39, 0.29) is 6.29 Å². The molecule has 1 aliphatic carbocycles. The molecule has 1 aliphatic rings. The topological polar surface area (TPSA) is 30.5 Å². The molecule has 3 heteroatoms. The molecular weight excluding hydrogens is 214 g/mol. The summed E-state index contributed by atoms with van der Waals surface area (Å²) in [7, 11) is 0. The van der Waals surface area contributed by atoms with Crippen molar-refractivity contribution < 1.29 is 9.47 Å². The molecule has 0 radical (unpaired) electrons. The molecule has 3 nitrogen and oxygen atoms in total. The molecule has 0 unspecified atom stereocenters. The maximum Gasteiger partial charge on any atom is 0.158 e. The van der Waals surface area contributed by atoms with E-state index >= 15 is 0 Å². The van der Waals surface area contributed by atoms with E-state index in [0.29, 0.717) is 5.41 Å². The SMILES string of the molecule is CCOC(CCNCC1(C(C)C)CC1)OCC. The first-order valence-corrected chi connectivity index (χ1v) is 7.08. The molecular formula is C14H29NO2. The van der Waals surface area contributed by atoms with E-state index in [1.54, 1.807) is 0 Å². The van der Waals surface area contributed by atoms with Gasteiger partial charge >= 0.3 is 0 Å².